The summed E-state index contributed by atoms with van der Waals surface area (Å²) in [6.45, 7) is 9.42. The van der Waals surface area contributed by atoms with Crippen molar-refractivity contribution in [2.75, 3.05) is 42.9 Å². The summed E-state index contributed by atoms with van der Waals surface area (Å²) in [6, 6.07) is 12.6. The molecular weight excluding hydrogens is 448 g/mol. The van der Waals surface area contributed by atoms with Crippen LogP contribution in [-0.2, 0) is 0 Å². The van der Waals surface area contributed by atoms with Crippen molar-refractivity contribution in [1.29, 1.82) is 0 Å². The number of piperazine rings is 1. The molecule has 0 spiro atoms. The van der Waals surface area contributed by atoms with E-state index in [1.165, 1.54) is 0 Å². The van der Waals surface area contributed by atoms with Crippen LogP contribution >= 0.6 is 15.9 Å². The Morgan fingerprint density at radius 3 is 2.40 bits per heavy atom. The van der Waals surface area contributed by atoms with Gasteiger partial charge in [0.2, 0.25) is 0 Å². The van der Waals surface area contributed by atoms with Gasteiger partial charge in [0.15, 0.2) is 0 Å². The summed E-state index contributed by atoms with van der Waals surface area (Å²) in [6.07, 6.45) is 0. The highest BCUT2D eigenvalue weighted by Gasteiger charge is 2.25. The van der Waals surface area contributed by atoms with Crippen molar-refractivity contribution in [2.45, 2.75) is 20.8 Å². The quantitative estimate of drug-likeness (QED) is 0.498. The first kappa shape index (κ1) is 22.1. The highest BCUT2D eigenvalue weighted by molar-refractivity contribution is 9.10. The number of carbonyl (C=O) groups is 1. The summed E-state index contributed by atoms with van der Waals surface area (Å²) in [7, 11) is 0. The molecule has 2 aromatic carbocycles. The average Bonchev–Trinajstić information content (AvgIpc) is 2.71. The lowest BCUT2D eigenvalue weighted by atomic mass is 9.97. The van der Waals surface area contributed by atoms with Crippen molar-refractivity contribution in [3.8, 4) is 0 Å². The number of nitro groups is 1. The molecule has 7 nitrogen and oxygen atoms in total. The maximum atomic E-state index is 12.8. The Hall–Kier alpha value is -2.61. The number of halogens is 1. The molecule has 0 bridgehead atoms. The van der Waals surface area contributed by atoms with E-state index in [2.05, 4.69) is 46.9 Å². The van der Waals surface area contributed by atoms with Crippen LogP contribution < -0.4 is 10.2 Å². The van der Waals surface area contributed by atoms with Gasteiger partial charge < -0.3 is 15.1 Å². The lowest BCUT2D eigenvalue weighted by Gasteiger charge is -2.36. The second-order valence-corrected chi connectivity index (χ2v) is 9.49. The Balaban J connectivity index is 1.71. The van der Waals surface area contributed by atoms with E-state index in [0.717, 1.165) is 10.2 Å². The summed E-state index contributed by atoms with van der Waals surface area (Å²) >= 11 is 3.45. The molecule has 1 fully saturated rings. The van der Waals surface area contributed by atoms with Crippen molar-refractivity contribution < 1.29 is 9.72 Å². The molecule has 2 aromatic rings. The molecule has 160 valence electrons. The molecule has 0 unspecified atom stereocenters. The molecule has 1 N–H and O–H groups in total. The first-order valence-corrected chi connectivity index (χ1v) is 10.8. The minimum Gasteiger partial charge on any atom is -0.379 e. The van der Waals surface area contributed by atoms with Crippen LogP contribution in [0.2, 0.25) is 0 Å². The van der Waals surface area contributed by atoms with E-state index in [1.54, 1.807) is 12.1 Å². The highest BCUT2D eigenvalue weighted by Crippen LogP contribution is 2.31. The largest absolute Gasteiger partial charge is 0.379 e. The third kappa shape index (κ3) is 5.30. The predicted octanol–water partition coefficient (Wildman–Crippen LogP) is 4.78. The number of benzene rings is 2. The molecule has 1 aliphatic heterocycles. The van der Waals surface area contributed by atoms with E-state index in [9.17, 15) is 14.9 Å². The van der Waals surface area contributed by atoms with E-state index >= 15 is 0 Å². The van der Waals surface area contributed by atoms with Crippen LogP contribution in [0.1, 0.15) is 31.1 Å². The number of hydrogen-bond acceptors (Lipinski definition) is 5. The zero-order valence-electron chi connectivity index (χ0n) is 17.5. The van der Waals surface area contributed by atoms with Crippen molar-refractivity contribution in [3.63, 3.8) is 0 Å². The van der Waals surface area contributed by atoms with Gasteiger partial charge in [-0.15, -0.1) is 0 Å². The molecule has 0 saturated carbocycles. The van der Waals surface area contributed by atoms with Crippen LogP contribution in [-0.4, -0.2) is 48.5 Å². The van der Waals surface area contributed by atoms with Crippen molar-refractivity contribution in [3.05, 3.63) is 62.6 Å². The van der Waals surface area contributed by atoms with E-state index in [4.69, 9.17) is 0 Å². The molecule has 8 heteroatoms. The Kier molecular flexibility index (Phi) is 6.65. The predicted molar refractivity (Wildman–Crippen MR) is 123 cm³/mol. The molecule has 0 aromatic heterocycles. The number of anilines is 2. The number of rotatable bonds is 5. The lowest BCUT2D eigenvalue weighted by Crippen LogP contribution is -2.48. The molecule has 1 saturated heterocycles. The third-order valence-electron chi connectivity index (χ3n) is 5.02. The topological polar surface area (TPSA) is 78.7 Å². The van der Waals surface area contributed by atoms with E-state index < -0.39 is 0 Å². The van der Waals surface area contributed by atoms with Crippen molar-refractivity contribution >= 4 is 38.9 Å². The molecule has 0 radical (unpaired) electrons. The zero-order valence-corrected chi connectivity index (χ0v) is 19.1. The lowest BCUT2D eigenvalue weighted by molar-refractivity contribution is -0.384. The minimum absolute atomic E-state index is 0.00156. The number of nitro benzene ring substituents is 1. The maximum absolute atomic E-state index is 12.8. The molecule has 0 aliphatic carbocycles. The smallest absolute Gasteiger partial charge is 0.292 e. The first-order chi connectivity index (χ1) is 14.2. The summed E-state index contributed by atoms with van der Waals surface area (Å²) in [5.74, 6) is 0.0124. The normalized spacial score (nSPS) is 14.5. The molecule has 3 rings (SSSR count). The monoisotopic (exact) mass is 474 g/mol. The number of nitrogens with zero attached hydrogens (tertiary/aromatic N) is 3. The van der Waals surface area contributed by atoms with Gasteiger partial charge in [-0.1, -0.05) is 32.9 Å². The fourth-order valence-corrected chi connectivity index (χ4v) is 3.81. The summed E-state index contributed by atoms with van der Waals surface area (Å²) in [5.41, 5.74) is 2.19. The van der Waals surface area contributed by atoms with Gasteiger partial charge in [0.05, 0.1) is 10.5 Å². The minimum atomic E-state index is -0.358. The van der Waals surface area contributed by atoms with Gasteiger partial charge in [-0.05, 0) is 45.6 Å². The van der Waals surface area contributed by atoms with Crippen LogP contribution in [0, 0.1) is 15.5 Å². The van der Waals surface area contributed by atoms with Gasteiger partial charge in [-0.2, -0.15) is 0 Å². The Morgan fingerprint density at radius 2 is 1.80 bits per heavy atom. The van der Waals surface area contributed by atoms with Crippen LogP contribution in [0.15, 0.2) is 46.9 Å². The second-order valence-electron chi connectivity index (χ2n) is 8.63. The Labute approximate surface area is 185 Å². The van der Waals surface area contributed by atoms with Crippen LogP contribution in [0.25, 0.3) is 0 Å². The third-order valence-corrected chi connectivity index (χ3v) is 5.71. The Bertz CT molecular complexity index is 934. The fourth-order valence-electron chi connectivity index (χ4n) is 3.35. The van der Waals surface area contributed by atoms with Gasteiger partial charge in [0, 0.05) is 49.0 Å². The van der Waals surface area contributed by atoms with E-state index in [-0.39, 0.29) is 21.9 Å². The molecule has 1 heterocycles. The van der Waals surface area contributed by atoms with Gasteiger partial charge in [0.1, 0.15) is 5.69 Å². The Morgan fingerprint density at radius 1 is 1.13 bits per heavy atom. The number of nitrogens with one attached hydrogen (secondary N) is 1. The first-order valence-electron chi connectivity index (χ1n) is 9.97. The van der Waals surface area contributed by atoms with Crippen LogP contribution in [0.3, 0.4) is 0 Å². The van der Waals surface area contributed by atoms with Crippen molar-refractivity contribution in [2.24, 2.45) is 5.41 Å². The maximum Gasteiger partial charge on any atom is 0.292 e. The highest BCUT2D eigenvalue weighted by atomic mass is 79.9. The molecule has 1 aliphatic rings. The number of hydrogen-bond donors (Lipinski definition) is 1. The molecule has 1 amide bonds. The second kappa shape index (κ2) is 9.04. The zero-order chi connectivity index (χ0) is 21.9. The van der Waals surface area contributed by atoms with Crippen LogP contribution in [0.4, 0.5) is 17.1 Å². The van der Waals surface area contributed by atoms with Crippen LogP contribution in [0.5, 0.6) is 0 Å². The van der Waals surface area contributed by atoms with E-state index in [0.29, 0.717) is 44.0 Å². The SMILES string of the molecule is CC(C)(C)CNc1cc(N2CCN(C(=O)c3ccccc3Br)CC2)ccc1[N+](=O)[O-]. The fraction of sp³-hybridized carbons (Fsp3) is 0.409. The number of carbonyl (C=O) groups excluding carboxylic acids is 1. The van der Waals surface area contributed by atoms with E-state index in [1.807, 2.05) is 35.2 Å². The van der Waals surface area contributed by atoms with Gasteiger partial charge >= 0.3 is 0 Å². The summed E-state index contributed by atoms with van der Waals surface area (Å²) in [4.78, 5) is 27.9. The summed E-state index contributed by atoms with van der Waals surface area (Å²) < 4.78 is 0.794. The molecule has 0 atom stereocenters. The summed E-state index contributed by atoms with van der Waals surface area (Å²) in [5, 5.41) is 14.6. The van der Waals surface area contributed by atoms with Gasteiger partial charge in [0.25, 0.3) is 11.6 Å². The number of amides is 1. The average molecular weight is 475 g/mol. The van der Waals surface area contributed by atoms with Crippen molar-refractivity contribution in [1.82, 2.24) is 4.90 Å². The van der Waals surface area contributed by atoms with Gasteiger partial charge in [-0.3, -0.25) is 14.9 Å². The standard InChI is InChI=1S/C22H27BrN4O3/c1-22(2,3)15-24-19-14-16(8-9-20(19)27(29)30)25-10-12-26(13-11-25)21(28)17-6-4-5-7-18(17)23/h4-9,14,24H,10-13,15H2,1-3H3. The molecule has 30 heavy (non-hydrogen) atoms. The van der Waals surface area contributed by atoms with Gasteiger partial charge in [-0.25, -0.2) is 0 Å². The molecular formula is C22H27BrN4O3.